The van der Waals surface area contributed by atoms with Crippen LogP contribution in [0.25, 0.3) is 33.3 Å². The number of pyridine rings is 1. The molecule has 0 spiro atoms. The summed E-state index contributed by atoms with van der Waals surface area (Å²) in [4.78, 5) is 37.1. The monoisotopic (exact) mass is 835 g/mol. The lowest BCUT2D eigenvalue weighted by atomic mass is 9.73. The van der Waals surface area contributed by atoms with Gasteiger partial charge >= 0.3 is 12.4 Å². The van der Waals surface area contributed by atoms with Gasteiger partial charge in [0.25, 0.3) is 5.91 Å². The summed E-state index contributed by atoms with van der Waals surface area (Å²) < 4.78 is 82.3. The van der Waals surface area contributed by atoms with Crippen molar-refractivity contribution in [2.75, 3.05) is 11.9 Å². The molecule has 0 saturated carbocycles. The van der Waals surface area contributed by atoms with Crippen LogP contribution in [0.2, 0.25) is 0 Å². The minimum atomic E-state index is -4.61. The molecule has 14 heteroatoms. The molecule has 1 aliphatic carbocycles. The van der Waals surface area contributed by atoms with Crippen molar-refractivity contribution in [1.29, 1.82) is 0 Å². The Morgan fingerprint density at radius 1 is 0.750 bits per heavy atom. The van der Waals surface area contributed by atoms with Gasteiger partial charge in [-0.05, 0) is 94.3 Å². The average molecular weight is 836 g/mol. The van der Waals surface area contributed by atoms with Gasteiger partial charge in [-0.15, -0.1) is 0 Å². The molecule has 2 aromatic heterocycles. The van der Waals surface area contributed by atoms with Gasteiger partial charge in [0.15, 0.2) is 5.16 Å². The number of thioether (sulfide) groups is 1. The van der Waals surface area contributed by atoms with Crippen molar-refractivity contribution in [2.45, 2.75) is 48.1 Å². The van der Waals surface area contributed by atoms with E-state index < -0.39 is 41.7 Å². The van der Waals surface area contributed by atoms with Crippen LogP contribution in [-0.2, 0) is 28.7 Å². The number of nitrogens with zero attached hydrogens (tertiary/aromatic N) is 3. The summed E-state index contributed by atoms with van der Waals surface area (Å²) in [5.74, 6) is -0.681. The van der Waals surface area contributed by atoms with Crippen LogP contribution >= 0.6 is 11.8 Å². The molecule has 2 heterocycles. The lowest BCUT2D eigenvalue weighted by Gasteiger charge is -2.31. The van der Waals surface area contributed by atoms with Crippen molar-refractivity contribution in [3.05, 3.63) is 168 Å². The molecule has 0 bridgehead atoms. The standard InChI is InChI=1S/C46H35F6N5O2S/c47-45(48,49)28-54-42(59)44(37-14-5-3-11-34(37)35-12-4-6-15-38(35)44)22-8-24-57-40-25-32(20-21-39(40)56-43(57)60-27-29-9-7-23-53-26-29)55-41(58)36-13-2-1-10-33(36)30-16-18-31(19-17-30)46(50,51)52/h1-7,9-21,23,25-26H,8,22,24,27-28H2,(H,54,59)(H,55,58). The first kappa shape index (κ1) is 40.4. The lowest BCUT2D eigenvalue weighted by Crippen LogP contribution is -2.47. The van der Waals surface area contributed by atoms with Gasteiger partial charge in [0, 0.05) is 35.9 Å². The molecule has 7 nitrogen and oxygen atoms in total. The third-order valence-electron chi connectivity index (χ3n) is 10.6. The number of aromatic nitrogens is 3. The number of carbonyl (C=O) groups is 2. The zero-order chi connectivity index (χ0) is 42.1. The van der Waals surface area contributed by atoms with Crippen LogP contribution in [0.4, 0.5) is 32.0 Å². The molecule has 0 radical (unpaired) electrons. The SMILES string of the molecule is O=C(Nc1ccc2nc(SCc3cccnc3)n(CCCC3(C(=O)NCC(F)(F)F)c4ccccc4-c4ccccc43)c2c1)c1ccccc1-c1ccc(C(F)(F)F)cc1. The summed E-state index contributed by atoms with van der Waals surface area (Å²) in [6, 6.07) is 34.9. The molecule has 2 amide bonds. The zero-order valence-electron chi connectivity index (χ0n) is 31.6. The van der Waals surface area contributed by atoms with Crippen molar-refractivity contribution in [3.63, 3.8) is 0 Å². The van der Waals surface area contributed by atoms with Gasteiger partial charge in [-0.1, -0.05) is 96.7 Å². The van der Waals surface area contributed by atoms with E-state index in [-0.39, 0.29) is 12.0 Å². The molecule has 304 valence electrons. The maximum atomic E-state index is 14.2. The molecule has 0 fully saturated rings. The number of nitrogens with one attached hydrogen (secondary N) is 2. The largest absolute Gasteiger partial charge is 0.416 e. The summed E-state index contributed by atoms with van der Waals surface area (Å²) >= 11 is 1.47. The van der Waals surface area contributed by atoms with Crippen LogP contribution in [0.5, 0.6) is 0 Å². The Bertz CT molecular complexity index is 2650. The Hall–Kier alpha value is -6.41. The van der Waals surface area contributed by atoms with Crippen LogP contribution in [-0.4, -0.2) is 39.1 Å². The quantitative estimate of drug-likeness (QED) is 0.0945. The molecule has 1 aliphatic rings. The molecule has 5 aromatic carbocycles. The number of amides is 2. The van der Waals surface area contributed by atoms with Crippen LogP contribution in [0.3, 0.4) is 0 Å². The third kappa shape index (κ3) is 8.11. The van der Waals surface area contributed by atoms with E-state index in [2.05, 4.69) is 15.6 Å². The number of hydrogen-bond donors (Lipinski definition) is 2. The van der Waals surface area contributed by atoms with Gasteiger partial charge in [-0.25, -0.2) is 4.98 Å². The third-order valence-corrected chi connectivity index (χ3v) is 11.6. The first-order valence-corrected chi connectivity index (χ1v) is 19.9. The van der Waals surface area contributed by atoms with E-state index >= 15 is 0 Å². The Morgan fingerprint density at radius 2 is 1.42 bits per heavy atom. The number of carbonyl (C=O) groups excluding carboxylic acids is 2. The second-order valence-electron chi connectivity index (χ2n) is 14.4. The molecule has 7 aromatic rings. The minimum Gasteiger partial charge on any atom is -0.346 e. The van der Waals surface area contributed by atoms with Crippen LogP contribution in [0.15, 0.2) is 145 Å². The van der Waals surface area contributed by atoms with E-state index in [1.807, 2.05) is 41.0 Å². The van der Waals surface area contributed by atoms with Gasteiger partial charge in [0.1, 0.15) is 12.0 Å². The number of aryl methyl sites for hydroxylation is 1. The molecule has 60 heavy (non-hydrogen) atoms. The molecule has 2 N–H and O–H groups in total. The Balaban J connectivity index is 1.12. The molecule has 0 atom stereocenters. The molecule has 0 saturated heterocycles. The highest BCUT2D eigenvalue weighted by Gasteiger charge is 2.49. The Kier molecular flexibility index (Phi) is 11.0. The summed E-state index contributed by atoms with van der Waals surface area (Å²) in [6.45, 7) is -1.15. The average Bonchev–Trinajstić information content (AvgIpc) is 3.74. The fourth-order valence-electron chi connectivity index (χ4n) is 7.89. The normalized spacial score (nSPS) is 13.2. The second kappa shape index (κ2) is 16.3. The number of hydrogen-bond acceptors (Lipinski definition) is 5. The maximum Gasteiger partial charge on any atom is 0.416 e. The molecular formula is C46H35F6N5O2S. The van der Waals surface area contributed by atoms with E-state index in [1.54, 1.807) is 79.1 Å². The van der Waals surface area contributed by atoms with Crippen LogP contribution in [0.1, 0.15) is 45.5 Å². The Labute approximate surface area is 344 Å². The molecular weight excluding hydrogens is 801 g/mol. The first-order chi connectivity index (χ1) is 28.8. The van der Waals surface area contributed by atoms with E-state index in [4.69, 9.17) is 4.98 Å². The number of imidazole rings is 1. The summed E-state index contributed by atoms with van der Waals surface area (Å²) in [5, 5.41) is 5.78. The zero-order valence-corrected chi connectivity index (χ0v) is 32.5. The van der Waals surface area contributed by atoms with Gasteiger partial charge in [0.05, 0.1) is 16.6 Å². The topological polar surface area (TPSA) is 88.9 Å². The number of halogens is 6. The number of rotatable bonds is 12. The van der Waals surface area contributed by atoms with Gasteiger partial charge in [-0.3, -0.25) is 14.6 Å². The van der Waals surface area contributed by atoms with Crippen molar-refractivity contribution in [1.82, 2.24) is 19.9 Å². The highest BCUT2D eigenvalue weighted by atomic mass is 32.2. The molecule has 0 aliphatic heterocycles. The van der Waals surface area contributed by atoms with Gasteiger partial charge < -0.3 is 15.2 Å². The van der Waals surface area contributed by atoms with E-state index in [1.165, 1.54) is 23.9 Å². The van der Waals surface area contributed by atoms with Gasteiger partial charge in [0.2, 0.25) is 5.91 Å². The number of alkyl halides is 6. The first-order valence-electron chi connectivity index (χ1n) is 19.0. The van der Waals surface area contributed by atoms with Crippen molar-refractivity contribution in [3.8, 4) is 22.3 Å². The van der Waals surface area contributed by atoms with E-state index in [0.717, 1.165) is 28.8 Å². The number of fused-ring (bicyclic) bond motifs is 4. The van der Waals surface area contributed by atoms with Crippen LogP contribution < -0.4 is 10.6 Å². The number of anilines is 1. The summed E-state index contributed by atoms with van der Waals surface area (Å²) in [7, 11) is 0. The molecule has 0 unspecified atom stereocenters. The molecule has 8 rings (SSSR count). The van der Waals surface area contributed by atoms with E-state index in [9.17, 15) is 35.9 Å². The van der Waals surface area contributed by atoms with Crippen molar-refractivity contribution < 1.29 is 35.9 Å². The predicted molar refractivity (Wildman–Crippen MR) is 219 cm³/mol. The van der Waals surface area contributed by atoms with Gasteiger partial charge in [-0.2, -0.15) is 26.3 Å². The number of benzene rings is 5. The fourth-order valence-corrected chi connectivity index (χ4v) is 8.87. The van der Waals surface area contributed by atoms with E-state index in [0.29, 0.717) is 62.8 Å². The predicted octanol–water partition coefficient (Wildman–Crippen LogP) is 11.1. The maximum absolute atomic E-state index is 14.2. The summed E-state index contributed by atoms with van der Waals surface area (Å²) in [5.41, 5.74) is 4.47. The fraction of sp³-hybridized carbons (Fsp3) is 0.174. The Morgan fingerprint density at radius 3 is 2.07 bits per heavy atom. The van der Waals surface area contributed by atoms with Crippen molar-refractivity contribution >= 4 is 40.3 Å². The smallest absolute Gasteiger partial charge is 0.346 e. The highest BCUT2D eigenvalue weighted by Crippen LogP contribution is 2.51. The summed E-state index contributed by atoms with van der Waals surface area (Å²) in [6.07, 6.45) is -5.14. The minimum absolute atomic E-state index is 0.175. The van der Waals surface area contributed by atoms with Crippen molar-refractivity contribution in [2.24, 2.45) is 0 Å². The second-order valence-corrected chi connectivity index (χ2v) is 15.3. The lowest BCUT2D eigenvalue weighted by molar-refractivity contribution is -0.141. The highest BCUT2D eigenvalue weighted by molar-refractivity contribution is 7.98. The van der Waals surface area contributed by atoms with Crippen LogP contribution in [0, 0.1) is 0 Å².